The second kappa shape index (κ2) is 10.2. The Morgan fingerprint density at radius 3 is 1.90 bits per heavy atom. The zero-order valence-electron chi connectivity index (χ0n) is 16.7. The van der Waals surface area contributed by atoms with E-state index in [2.05, 4.69) is 109 Å². The third kappa shape index (κ3) is 5.66. The van der Waals surface area contributed by atoms with Crippen molar-refractivity contribution in [2.24, 2.45) is 0 Å². The van der Waals surface area contributed by atoms with Crippen LogP contribution in [0.15, 0.2) is 109 Å². The van der Waals surface area contributed by atoms with E-state index >= 15 is 0 Å². The Morgan fingerprint density at radius 2 is 1.17 bits per heavy atom. The zero-order valence-corrected chi connectivity index (χ0v) is 17.7. The summed E-state index contributed by atoms with van der Waals surface area (Å²) in [4.78, 5) is 0. The second-order valence-corrected chi connectivity index (χ2v) is 8.70. The molecule has 4 aromatic rings. The minimum atomic E-state index is 0.799. The average Bonchev–Trinajstić information content (AvgIpc) is 2.80. The van der Waals surface area contributed by atoms with E-state index in [-0.39, 0.29) is 0 Å². The van der Waals surface area contributed by atoms with Gasteiger partial charge < -0.3 is 0 Å². The predicted octanol–water partition coefficient (Wildman–Crippen LogP) is 7.03. The molecule has 1 unspecified atom stereocenters. The molecule has 0 N–H and O–H groups in total. The van der Waals surface area contributed by atoms with Crippen molar-refractivity contribution in [3.05, 3.63) is 126 Å². The summed E-state index contributed by atoms with van der Waals surface area (Å²) in [5.74, 6) is 0. The number of aryl methyl sites for hydroxylation is 2. The van der Waals surface area contributed by atoms with Crippen molar-refractivity contribution in [2.45, 2.75) is 25.4 Å². The van der Waals surface area contributed by atoms with E-state index in [9.17, 15) is 0 Å². The van der Waals surface area contributed by atoms with Crippen LogP contribution >= 0.6 is 8.58 Å². The quantitative estimate of drug-likeness (QED) is 0.281. The average molecular weight is 394 g/mol. The molecular weight excluding hydrogens is 367 g/mol. The summed E-state index contributed by atoms with van der Waals surface area (Å²) in [5, 5.41) is 1.43. The van der Waals surface area contributed by atoms with Crippen molar-refractivity contribution in [1.82, 2.24) is 0 Å². The lowest BCUT2D eigenvalue weighted by molar-refractivity contribution is 0.820. The van der Waals surface area contributed by atoms with Gasteiger partial charge in [0.1, 0.15) is 0 Å². The molecule has 0 bridgehead atoms. The Kier molecular flexibility index (Phi) is 6.89. The van der Waals surface area contributed by atoms with Gasteiger partial charge in [0.15, 0.2) is 0 Å². The highest BCUT2D eigenvalue weighted by molar-refractivity contribution is 7.46. The SMILES string of the molecule is c1ccc(CCCc2ccc(-c3ccccc3)c(CPc3ccccc3)c2)cc1. The lowest BCUT2D eigenvalue weighted by Crippen LogP contribution is -1.97. The number of hydrogen-bond donors (Lipinski definition) is 0. The van der Waals surface area contributed by atoms with E-state index in [1.54, 1.807) is 0 Å². The van der Waals surface area contributed by atoms with E-state index in [0.29, 0.717) is 0 Å². The number of rotatable bonds is 8. The third-order valence-corrected chi connectivity index (χ3v) is 6.58. The molecule has 0 nitrogen and oxygen atoms in total. The van der Waals surface area contributed by atoms with E-state index in [1.807, 2.05) is 0 Å². The van der Waals surface area contributed by atoms with Crippen LogP contribution < -0.4 is 5.30 Å². The van der Waals surface area contributed by atoms with Gasteiger partial charge in [0, 0.05) is 0 Å². The van der Waals surface area contributed by atoms with Gasteiger partial charge in [0.05, 0.1) is 0 Å². The Labute approximate surface area is 176 Å². The molecule has 0 fully saturated rings. The van der Waals surface area contributed by atoms with Gasteiger partial charge in [-0.25, -0.2) is 0 Å². The van der Waals surface area contributed by atoms with Gasteiger partial charge in [-0.3, -0.25) is 0 Å². The minimum Gasteiger partial charge on any atom is -0.0859 e. The fourth-order valence-corrected chi connectivity index (χ4v) is 4.86. The molecule has 0 aromatic heterocycles. The molecule has 144 valence electrons. The van der Waals surface area contributed by atoms with Gasteiger partial charge in [-0.2, -0.15) is 0 Å². The first-order valence-electron chi connectivity index (χ1n) is 10.4. The van der Waals surface area contributed by atoms with Crippen LogP contribution in [0.1, 0.15) is 23.1 Å². The Hall–Kier alpha value is -2.69. The summed E-state index contributed by atoms with van der Waals surface area (Å²) in [6.07, 6.45) is 4.56. The molecule has 0 spiro atoms. The Balaban J connectivity index is 1.51. The van der Waals surface area contributed by atoms with Crippen molar-refractivity contribution in [1.29, 1.82) is 0 Å². The van der Waals surface area contributed by atoms with E-state index in [1.165, 1.54) is 39.5 Å². The molecule has 0 saturated carbocycles. The topological polar surface area (TPSA) is 0 Å². The highest BCUT2D eigenvalue weighted by Crippen LogP contribution is 2.30. The Morgan fingerprint density at radius 1 is 0.552 bits per heavy atom. The fraction of sp³-hybridized carbons (Fsp3) is 0.143. The Bertz CT molecular complexity index is 1010. The van der Waals surface area contributed by atoms with Crippen LogP contribution in [0.25, 0.3) is 11.1 Å². The van der Waals surface area contributed by atoms with Crippen molar-refractivity contribution in [3.63, 3.8) is 0 Å². The fourth-order valence-electron chi connectivity index (χ4n) is 3.74. The van der Waals surface area contributed by atoms with Crippen LogP contribution in [0.4, 0.5) is 0 Å². The summed E-state index contributed by atoms with van der Waals surface area (Å²) >= 11 is 0. The molecule has 0 amide bonds. The van der Waals surface area contributed by atoms with Crippen molar-refractivity contribution in [3.8, 4) is 11.1 Å². The van der Waals surface area contributed by atoms with Gasteiger partial charge in [-0.15, -0.1) is 0 Å². The van der Waals surface area contributed by atoms with Gasteiger partial charge in [0.25, 0.3) is 0 Å². The lowest BCUT2D eigenvalue weighted by atomic mass is 9.96. The van der Waals surface area contributed by atoms with E-state index < -0.39 is 0 Å². The number of hydrogen-bond acceptors (Lipinski definition) is 0. The summed E-state index contributed by atoms with van der Waals surface area (Å²) < 4.78 is 0. The van der Waals surface area contributed by atoms with E-state index in [0.717, 1.165) is 27.6 Å². The van der Waals surface area contributed by atoms with Crippen LogP contribution in [-0.2, 0) is 19.0 Å². The second-order valence-electron chi connectivity index (χ2n) is 7.42. The first kappa shape index (κ1) is 19.6. The van der Waals surface area contributed by atoms with Crippen LogP contribution in [0.2, 0.25) is 0 Å². The maximum Gasteiger partial charge on any atom is -0.00540 e. The molecule has 1 atom stereocenters. The zero-order chi connectivity index (χ0) is 19.7. The first-order valence-corrected chi connectivity index (χ1v) is 11.6. The number of benzene rings is 4. The normalized spacial score (nSPS) is 11.2. The monoisotopic (exact) mass is 394 g/mol. The van der Waals surface area contributed by atoms with Gasteiger partial charge in [-0.05, 0) is 58.5 Å². The van der Waals surface area contributed by atoms with Crippen molar-refractivity contribution < 1.29 is 0 Å². The smallest absolute Gasteiger partial charge is 0.00540 e. The van der Waals surface area contributed by atoms with Crippen LogP contribution in [0.3, 0.4) is 0 Å². The van der Waals surface area contributed by atoms with Gasteiger partial charge in [-0.1, -0.05) is 118 Å². The molecule has 0 radical (unpaired) electrons. The maximum atomic E-state index is 2.45. The standard InChI is InChI=1S/C28H27P/c1-4-11-23(12-5-1)13-10-14-24-19-20-28(25-15-6-2-7-16-25)26(21-24)22-29-27-17-8-3-9-18-27/h1-9,11-12,15-21,29H,10,13-14,22H2. The van der Waals surface area contributed by atoms with E-state index in [4.69, 9.17) is 0 Å². The molecule has 0 aliphatic carbocycles. The predicted molar refractivity (Wildman–Crippen MR) is 128 cm³/mol. The third-order valence-electron chi connectivity index (χ3n) is 5.28. The van der Waals surface area contributed by atoms with Crippen molar-refractivity contribution >= 4 is 13.9 Å². The molecule has 4 rings (SSSR count). The summed E-state index contributed by atoms with van der Waals surface area (Å²) in [7, 11) is 0.799. The molecule has 0 heterocycles. The molecule has 0 aliphatic heterocycles. The summed E-state index contributed by atoms with van der Waals surface area (Å²) in [6, 6.07) is 39.6. The molecule has 29 heavy (non-hydrogen) atoms. The van der Waals surface area contributed by atoms with Gasteiger partial charge >= 0.3 is 0 Å². The minimum absolute atomic E-state index is 0.799. The maximum absolute atomic E-state index is 2.45. The highest BCUT2D eigenvalue weighted by Gasteiger charge is 2.07. The van der Waals surface area contributed by atoms with Crippen molar-refractivity contribution in [2.75, 3.05) is 0 Å². The molecule has 1 heteroatoms. The van der Waals surface area contributed by atoms with Crippen LogP contribution in [0.5, 0.6) is 0 Å². The van der Waals surface area contributed by atoms with Crippen LogP contribution in [-0.4, -0.2) is 0 Å². The highest BCUT2D eigenvalue weighted by atomic mass is 31.1. The van der Waals surface area contributed by atoms with Crippen LogP contribution in [0, 0.1) is 0 Å². The first-order chi connectivity index (χ1) is 14.4. The summed E-state index contributed by atoms with van der Waals surface area (Å²) in [6.45, 7) is 0. The lowest BCUT2D eigenvalue weighted by Gasteiger charge is -2.13. The van der Waals surface area contributed by atoms with Gasteiger partial charge in [0.2, 0.25) is 0 Å². The molecule has 0 aliphatic rings. The summed E-state index contributed by atoms with van der Waals surface area (Å²) in [5.41, 5.74) is 7.04. The largest absolute Gasteiger partial charge is 0.0859 e. The molecule has 4 aromatic carbocycles. The molecular formula is C28H27P. The molecule has 0 saturated heterocycles.